The lowest BCUT2D eigenvalue weighted by atomic mass is 10.0. The highest BCUT2D eigenvalue weighted by Crippen LogP contribution is 2.12. The van der Waals surface area contributed by atoms with Crippen LogP contribution in [0.4, 0.5) is 0 Å². The van der Waals surface area contributed by atoms with Gasteiger partial charge in [0.2, 0.25) is 0 Å². The van der Waals surface area contributed by atoms with Crippen molar-refractivity contribution in [3.63, 3.8) is 0 Å². The van der Waals surface area contributed by atoms with Crippen molar-refractivity contribution in [2.75, 3.05) is 6.54 Å². The molecule has 0 saturated heterocycles. The van der Waals surface area contributed by atoms with E-state index in [2.05, 4.69) is 31.0 Å². The Morgan fingerprint density at radius 3 is 2.73 bits per heavy atom. The summed E-state index contributed by atoms with van der Waals surface area (Å²) in [4.78, 5) is 0. The summed E-state index contributed by atoms with van der Waals surface area (Å²) >= 11 is 0. The van der Waals surface area contributed by atoms with Gasteiger partial charge in [-0.25, -0.2) is 0 Å². The monoisotopic (exact) mass is 204 g/mol. The van der Waals surface area contributed by atoms with Crippen molar-refractivity contribution in [3.05, 3.63) is 47.5 Å². The zero-order valence-corrected chi connectivity index (χ0v) is 9.59. The van der Waals surface area contributed by atoms with Gasteiger partial charge in [-0.1, -0.05) is 37.8 Å². The van der Waals surface area contributed by atoms with Gasteiger partial charge in [0.15, 0.2) is 0 Å². The minimum atomic E-state index is -0.102. The van der Waals surface area contributed by atoms with Crippen LogP contribution in [0.5, 0.6) is 0 Å². The molecule has 1 atom stereocenters. The molecule has 2 nitrogen and oxygen atoms in total. The smallest absolute Gasteiger partial charge is 0.0769 e. The number of benzene rings is 1. The highest BCUT2D eigenvalue weighted by molar-refractivity contribution is 5.30. The van der Waals surface area contributed by atoms with E-state index in [9.17, 15) is 0 Å². The molecule has 0 saturated carbocycles. The van der Waals surface area contributed by atoms with Crippen LogP contribution in [0.2, 0.25) is 0 Å². The number of hydrogen-bond acceptors (Lipinski definition) is 2. The van der Waals surface area contributed by atoms with Crippen molar-refractivity contribution in [3.8, 4) is 0 Å². The van der Waals surface area contributed by atoms with Crippen LogP contribution in [0.3, 0.4) is 0 Å². The summed E-state index contributed by atoms with van der Waals surface area (Å²) in [6, 6.07) is 8.33. The van der Waals surface area contributed by atoms with Crippen LogP contribution >= 0.6 is 0 Å². The lowest BCUT2D eigenvalue weighted by Gasteiger charge is -2.16. The lowest BCUT2D eigenvalue weighted by molar-refractivity contribution is 0.601. The van der Waals surface area contributed by atoms with Gasteiger partial charge in [0.05, 0.1) is 6.17 Å². The van der Waals surface area contributed by atoms with Crippen molar-refractivity contribution >= 4 is 0 Å². The number of rotatable bonds is 5. The van der Waals surface area contributed by atoms with Gasteiger partial charge in [-0.3, -0.25) is 5.32 Å². The fourth-order valence-corrected chi connectivity index (χ4v) is 1.53. The molecule has 0 fully saturated rings. The average Bonchev–Trinajstić information content (AvgIpc) is 2.21. The summed E-state index contributed by atoms with van der Waals surface area (Å²) in [5, 5.41) is 3.16. The van der Waals surface area contributed by atoms with Crippen LogP contribution < -0.4 is 11.1 Å². The molecule has 0 amide bonds. The Morgan fingerprint density at radius 2 is 2.13 bits per heavy atom. The molecule has 0 aliphatic rings. The van der Waals surface area contributed by atoms with Crippen molar-refractivity contribution < 1.29 is 0 Å². The van der Waals surface area contributed by atoms with Crippen molar-refractivity contribution in [1.82, 2.24) is 5.32 Å². The molecule has 82 valence electrons. The molecule has 15 heavy (non-hydrogen) atoms. The van der Waals surface area contributed by atoms with Gasteiger partial charge in [0.25, 0.3) is 0 Å². The predicted molar refractivity (Wildman–Crippen MR) is 65.7 cm³/mol. The molecule has 2 heteroatoms. The quantitative estimate of drug-likeness (QED) is 0.568. The van der Waals surface area contributed by atoms with Crippen LogP contribution in [-0.4, -0.2) is 12.7 Å². The van der Waals surface area contributed by atoms with E-state index in [1.54, 1.807) is 0 Å². The number of hydrogen-bond donors (Lipinski definition) is 2. The lowest BCUT2D eigenvalue weighted by Crippen LogP contribution is -2.39. The largest absolute Gasteiger partial charge is 0.312 e. The van der Waals surface area contributed by atoms with E-state index in [1.165, 1.54) is 11.1 Å². The van der Waals surface area contributed by atoms with Crippen molar-refractivity contribution in [2.24, 2.45) is 5.73 Å². The van der Waals surface area contributed by atoms with Gasteiger partial charge in [-0.15, -0.1) is 0 Å². The van der Waals surface area contributed by atoms with Gasteiger partial charge >= 0.3 is 0 Å². The Hall–Kier alpha value is -1.12. The fourth-order valence-electron chi connectivity index (χ4n) is 1.53. The normalized spacial score (nSPS) is 12.5. The molecule has 0 aromatic heterocycles. The Labute approximate surface area is 92.2 Å². The molecule has 0 aliphatic heterocycles. The Kier molecular flexibility index (Phi) is 4.53. The van der Waals surface area contributed by atoms with E-state index < -0.39 is 0 Å². The van der Waals surface area contributed by atoms with Gasteiger partial charge < -0.3 is 5.73 Å². The first-order chi connectivity index (χ1) is 7.15. The van der Waals surface area contributed by atoms with E-state index in [0.29, 0.717) is 0 Å². The van der Waals surface area contributed by atoms with E-state index in [4.69, 9.17) is 5.73 Å². The third-order valence-corrected chi connectivity index (χ3v) is 2.54. The second kappa shape index (κ2) is 5.69. The van der Waals surface area contributed by atoms with E-state index in [-0.39, 0.29) is 6.17 Å². The van der Waals surface area contributed by atoms with Gasteiger partial charge in [0.1, 0.15) is 0 Å². The third kappa shape index (κ3) is 3.50. The van der Waals surface area contributed by atoms with E-state index in [0.717, 1.165) is 18.5 Å². The second-order valence-corrected chi connectivity index (χ2v) is 3.80. The van der Waals surface area contributed by atoms with Crippen LogP contribution in [0.15, 0.2) is 36.4 Å². The van der Waals surface area contributed by atoms with Crippen LogP contribution in [0.25, 0.3) is 0 Å². The summed E-state index contributed by atoms with van der Waals surface area (Å²) < 4.78 is 0. The SMILES string of the molecule is C=C(Cc1ccccc1C)C(N)NCC. The maximum Gasteiger partial charge on any atom is 0.0769 e. The molecule has 0 radical (unpaired) electrons. The molecule has 1 unspecified atom stereocenters. The molecule has 0 heterocycles. The maximum atomic E-state index is 5.91. The fraction of sp³-hybridized carbons (Fsp3) is 0.385. The van der Waals surface area contributed by atoms with Gasteiger partial charge in [-0.05, 0) is 36.6 Å². The summed E-state index contributed by atoms with van der Waals surface area (Å²) in [5.41, 5.74) is 9.54. The number of nitrogens with one attached hydrogen (secondary N) is 1. The molecule has 1 aromatic rings. The summed E-state index contributed by atoms with van der Waals surface area (Å²) in [6.07, 6.45) is 0.746. The first kappa shape index (κ1) is 12.0. The zero-order valence-electron chi connectivity index (χ0n) is 9.59. The standard InChI is InChI=1S/C13H20N2/c1-4-15-13(14)11(3)9-12-8-6-5-7-10(12)2/h5-8,13,15H,3-4,9,14H2,1-2H3. The third-order valence-electron chi connectivity index (χ3n) is 2.54. The molecular formula is C13H20N2. The number of aryl methyl sites for hydroxylation is 1. The second-order valence-electron chi connectivity index (χ2n) is 3.80. The topological polar surface area (TPSA) is 38.0 Å². The van der Waals surface area contributed by atoms with E-state index in [1.807, 2.05) is 19.1 Å². The Balaban J connectivity index is 2.62. The highest BCUT2D eigenvalue weighted by atomic mass is 15.0. The van der Waals surface area contributed by atoms with Gasteiger partial charge in [0, 0.05) is 0 Å². The molecular weight excluding hydrogens is 184 g/mol. The van der Waals surface area contributed by atoms with Gasteiger partial charge in [-0.2, -0.15) is 0 Å². The average molecular weight is 204 g/mol. The minimum absolute atomic E-state index is 0.102. The molecule has 3 N–H and O–H groups in total. The molecule has 0 bridgehead atoms. The van der Waals surface area contributed by atoms with Crippen LogP contribution in [0, 0.1) is 6.92 Å². The molecule has 0 aliphatic carbocycles. The van der Waals surface area contributed by atoms with Crippen LogP contribution in [-0.2, 0) is 6.42 Å². The molecule has 1 rings (SSSR count). The van der Waals surface area contributed by atoms with E-state index >= 15 is 0 Å². The molecule has 0 spiro atoms. The molecule has 1 aromatic carbocycles. The number of nitrogens with two attached hydrogens (primary N) is 1. The maximum absolute atomic E-state index is 5.91. The minimum Gasteiger partial charge on any atom is -0.312 e. The van der Waals surface area contributed by atoms with Crippen molar-refractivity contribution in [1.29, 1.82) is 0 Å². The number of likely N-dealkylation sites (N-methyl/N-ethyl adjacent to an activating group) is 1. The van der Waals surface area contributed by atoms with Crippen LogP contribution in [0.1, 0.15) is 18.1 Å². The Morgan fingerprint density at radius 1 is 1.47 bits per heavy atom. The predicted octanol–water partition coefficient (Wildman–Crippen LogP) is 1.99. The highest BCUT2D eigenvalue weighted by Gasteiger charge is 2.07. The summed E-state index contributed by atoms with van der Waals surface area (Å²) in [7, 11) is 0. The zero-order chi connectivity index (χ0) is 11.3. The summed E-state index contributed by atoms with van der Waals surface area (Å²) in [5.74, 6) is 0. The first-order valence-corrected chi connectivity index (χ1v) is 5.36. The van der Waals surface area contributed by atoms with Crippen molar-refractivity contribution in [2.45, 2.75) is 26.4 Å². The summed E-state index contributed by atoms with van der Waals surface area (Å²) in [6.45, 7) is 9.05. The first-order valence-electron chi connectivity index (χ1n) is 5.36. The Bertz CT molecular complexity index is 331.